The van der Waals surface area contributed by atoms with E-state index in [2.05, 4.69) is 12.1 Å². The van der Waals surface area contributed by atoms with Crippen LogP contribution in [-0.4, -0.2) is 12.2 Å². The van der Waals surface area contributed by atoms with Crippen LogP contribution in [0.5, 0.6) is 0 Å². The summed E-state index contributed by atoms with van der Waals surface area (Å²) in [6, 6.07) is 4.13. The fraction of sp³-hybridized carbons (Fsp3) is 0.733. The van der Waals surface area contributed by atoms with Gasteiger partial charge in [-0.05, 0) is 61.3 Å². The fourth-order valence-corrected chi connectivity index (χ4v) is 5.20. The number of hydrogen-bond donors (Lipinski definition) is 0. The summed E-state index contributed by atoms with van der Waals surface area (Å²) < 4.78 is 6.18. The molecule has 92 valence electrons. The summed E-state index contributed by atoms with van der Waals surface area (Å²) in [7, 11) is 0. The van der Waals surface area contributed by atoms with E-state index in [-0.39, 0.29) is 6.10 Å². The minimum absolute atomic E-state index is 0.0957. The van der Waals surface area contributed by atoms with Crippen LogP contribution in [0, 0.1) is 46.3 Å². The summed E-state index contributed by atoms with van der Waals surface area (Å²) in [4.78, 5) is 0. The first-order chi connectivity index (χ1) is 8.83. The van der Waals surface area contributed by atoms with Crippen LogP contribution in [0.1, 0.15) is 32.1 Å². The average molecular weight is 240 g/mol. The van der Waals surface area contributed by atoms with Gasteiger partial charge in [0.1, 0.15) is 17.7 Å². The minimum Gasteiger partial charge on any atom is -0.370 e. The van der Waals surface area contributed by atoms with E-state index in [1.165, 1.54) is 19.3 Å². The third kappa shape index (κ3) is 1.16. The van der Waals surface area contributed by atoms with Crippen molar-refractivity contribution in [1.29, 1.82) is 10.5 Å². The highest BCUT2D eigenvalue weighted by molar-refractivity contribution is 5.43. The van der Waals surface area contributed by atoms with Crippen molar-refractivity contribution >= 4 is 0 Å². The number of allylic oxidation sites excluding steroid dienone is 1. The summed E-state index contributed by atoms with van der Waals surface area (Å²) in [5.41, 5.74) is 1.33. The lowest BCUT2D eigenvalue weighted by Gasteiger charge is -2.27. The maximum absolute atomic E-state index is 9.09. The van der Waals surface area contributed by atoms with Crippen molar-refractivity contribution in [3.05, 3.63) is 11.1 Å². The third-order valence-electron chi connectivity index (χ3n) is 5.73. The Morgan fingerprint density at radius 1 is 1.06 bits per heavy atom. The van der Waals surface area contributed by atoms with Gasteiger partial charge in [-0.15, -0.1) is 0 Å². The van der Waals surface area contributed by atoms with Gasteiger partial charge >= 0.3 is 0 Å². The van der Waals surface area contributed by atoms with Gasteiger partial charge in [-0.2, -0.15) is 10.5 Å². The molecular weight excluding hydrogens is 224 g/mol. The molecule has 2 saturated carbocycles. The maximum atomic E-state index is 9.09. The van der Waals surface area contributed by atoms with E-state index in [1.807, 2.05) is 0 Å². The van der Waals surface area contributed by atoms with Crippen LogP contribution in [0.2, 0.25) is 0 Å². The van der Waals surface area contributed by atoms with Crippen LogP contribution in [0.4, 0.5) is 0 Å². The van der Waals surface area contributed by atoms with Gasteiger partial charge in [0.05, 0.1) is 12.2 Å². The van der Waals surface area contributed by atoms with Crippen molar-refractivity contribution in [2.45, 2.75) is 44.3 Å². The second-order valence-electron chi connectivity index (χ2n) is 6.25. The Hall–Kier alpha value is -1.32. The number of hydrogen-bond acceptors (Lipinski definition) is 3. The monoisotopic (exact) mass is 240 g/mol. The zero-order valence-electron chi connectivity index (χ0n) is 10.3. The highest BCUT2D eigenvalue weighted by Gasteiger charge is 2.60. The molecule has 0 N–H and O–H groups in total. The van der Waals surface area contributed by atoms with E-state index in [0.29, 0.717) is 17.6 Å². The molecule has 0 radical (unpaired) electrons. The van der Waals surface area contributed by atoms with Crippen molar-refractivity contribution in [3.8, 4) is 12.1 Å². The number of ether oxygens (including phenoxy) is 1. The summed E-state index contributed by atoms with van der Waals surface area (Å²) in [6.07, 6.45) is 6.51. The molecule has 0 aromatic rings. The molecule has 2 aliphatic carbocycles. The van der Waals surface area contributed by atoms with Crippen molar-refractivity contribution in [1.82, 2.24) is 0 Å². The fourth-order valence-electron chi connectivity index (χ4n) is 5.20. The molecule has 2 heterocycles. The zero-order chi connectivity index (χ0) is 12.3. The van der Waals surface area contributed by atoms with E-state index in [9.17, 15) is 0 Å². The van der Waals surface area contributed by atoms with Crippen molar-refractivity contribution in [2.75, 3.05) is 0 Å². The van der Waals surface area contributed by atoms with Gasteiger partial charge in [-0.1, -0.05) is 0 Å². The Morgan fingerprint density at radius 2 is 1.78 bits per heavy atom. The Bertz CT molecular complexity index is 494. The highest BCUT2D eigenvalue weighted by atomic mass is 16.5. The second-order valence-corrected chi connectivity index (χ2v) is 6.25. The van der Waals surface area contributed by atoms with E-state index >= 15 is 0 Å². The van der Waals surface area contributed by atoms with E-state index in [1.54, 1.807) is 0 Å². The molecule has 18 heavy (non-hydrogen) atoms. The molecule has 0 unspecified atom stereocenters. The first-order valence-electron chi connectivity index (χ1n) is 7.02. The van der Waals surface area contributed by atoms with Crippen LogP contribution in [0.3, 0.4) is 0 Å². The van der Waals surface area contributed by atoms with Crippen LogP contribution in [-0.2, 0) is 4.74 Å². The smallest absolute Gasteiger partial charge is 0.131 e. The standard InChI is InChI=1S/C15H16N2O/c16-6-10(7-17)11-3-4-12-13-8-1-2-9(5-8)14(13)15(11)18-12/h8-9,12-15H,1-5H2/t8-,9+,12-,13-,14-,15+/m0/s1. The quantitative estimate of drug-likeness (QED) is 0.611. The largest absolute Gasteiger partial charge is 0.370 e. The molecule has 3 nitrogen and oxygen atoms in total. The van der Waals surface area contributed by atoms with Crippen molar-refractivity contribution in [3.63, 3.8) is 0 Å². The van der Waals surface area contributed by atoms with Gasteiger partial charge in [-0.25, -0.2) is 0 Å². The molecule has 4 aliphatic rings. The Labute approximate surface area is 107 Å². The second kappa shape index (κ2) is 3.59. The summed E-state index contributed by atoms with van der Waals surface area (Å²) in [5.74, 6) is 3.00. The number of fused-ring (bicyclic) bond motifs is 9. The number of rotatable bonds is 0. The minimum atomic E-state index is 0.0957. The first-order valence-corrected chi connectivity index (χ1v) is 7.02. The molecule has 2 aliphatic heterocycles. The van der Waals surface area contributed by atoms with Gasteiger partial charge in [0.25, 0.3) is 0 Å². The predicted octanol–water partition coefficient (Wildman–Crippen LogP) is 2.55. The molecular formula is C15H16N2O. The van der Waals surface area contributed by atoms with Crippen LogP contribution in [0.25, 0.3) is 0 Å². The Morgan fingerprint density at radius 3 is 2.50 bits per heavy atom. The summed E-state index contributed by atoms with van der Waals surface area (Å²) in [5, 5.41) is 18.2. The van der Waals surface area contributed by atoms with Gasteiger partial charge in [-0.3, -0.25) is 0 Å². The third-order valence-corrected chi connectivity index (χ3v) is 5.73. The normalized spacial score (nSPS) is 47.6. The van der Waals surface area contributed by atoms with E-state index < -0.39 is 0 Å². The van der Waals surface area contributed by atoms with Crippen LogP contribution >= 0.6 is 0 Å². The first kappa shape index (κ1) is 10.6. The molecule has 3 heteroatoms. The van der Waals surface area contributed by atoms with E-state index in [0.717, 1.165) is 36.2 Å². The Kier molecular flexibility index (Phi) is 2.11. The lowest BCUT2D eigenvalue weighted by Crippen LogP contribution is -2.27. The van der Waals surface area contributed by atoms with Gasteiger partial charge in [0.2, 0.25) is 0 Å². The van der Waals surface area contributed by atoms with Gasteiger partial charge in [0.15, 0.2) is 0 Å². The summed E-state index contributed by atoms with van der Waals surface area (Å²) >= 11 is 0. The van der Waals surface area contributed by atoms with Gasteiger partial charge in [0, 0.05) is 0 Å². The molecule has 4 bridgehead atoms. The van der Waals surface area contributed by atoms with Gasteiger partial charge < -0.3 is 4.74 Å². The lowest BCUT2D eigenvalue weighted by atomic mass is 9.76. The van der Waals surface area contributed by atoms with E-state index in [4.69, 9.17) is 15.3 Å². The molecule has 0 spiro atoms. The SMILES string of the molecule is N#CC(C#N)=C1CC[C@@H]2O[C@H]1[C@H]1[C@@H]3CC[C@@H](C3)[C@H]12. The van der Waals surface area contributed by atoms with Crippen LogP contribution < -0.4 is 0 Å². The molecule has 2 saturated heterocycles. The number of nitrogens with zero attached hydrogens (tertiary/aromatic N) is 2. The van der Waals surface area contributed by atoms with Crippen molar-refractivity contribution in [2.24, 2.45) is 23.7 Å². The predicted molar refractivity (Wildman–Crippen MR) is 64.0 cm³/mol. The molecule has 0 aromatic heterocycles. The Balaban J connectivity index is 1.76. The molecule has 4 rings (SSSR count). The molecule has 0 amide bonds. The highest BCUT2D eigenvalue weighted by Crippen LogP contribution is 2.62. The maximum Gasteiger partial charge on any atom is 0.131 e. The molecule has 6 atom stereocenters. The lowest BCUT2D eigenvalue weighted by molar-refractivity contribution is 0.00939. The molecule has 4 fully saturated rings. The topological polar surface area (TPSA) is 56.8 Å². The average Bonchev–Trinajstić information content (AvgIpc) is 3.07. The summed E-state index contributed by atoms with van der Waals surface area (Å²) in [6.45, 7) is 0. The van der Waals surface area contributed by atoms with Crippen molar-refractivity contribution < 1.29 is 4.74 Å². The van der Waals surface area contributed by atoms with Crippen LogP contribution in [0.15, 0.2) is 11.1 Å². The zero-order valence-corrected chi connectivity index (χ0v) is 10.3. The molecule has 0 aromatic carbocycles. The number of nitriles is 2.